The predicted molar refractivity (Wildman–Crippen MR) is 78.7 cm³/mol. The number of carboxylic acids is 1. The highest BCUT2D eigenvalue weighted by molar-refractivity contribution is 5.86. The molecular formula is C15H28N2O3. The third-order valence-electron chi connectivity index (χ3n) is 3.76. The van der Waals surface area contributed by atoms with E-state index >= 15 is 0 Å². The minimum absolute atomic E-state index is 0.0951. The fourth-order valence-electron chi connectivity index (χ4n) is 3.24. The van der Waals surface area contributed by atoms with Crippen molar-refractivity contribution in [2.45, 2.75) is 71.9 Å². The van der Waals surface area contributed by atoms with Crippen LogP contribution in [0.25, 0.3) is 0 Å². The van der Waals surface area contributed by atoms with Crippen LogP contribution in [-0.2, 0) is 4.79 Å². The van der Waals surface area contributed by atoms with E-state index < -0.39 is 11.5 Å². The Balaban J connectivity index is 2.78. The molecule has 0 aromatic carbocycles. The summed E-state index contributed by atoms with van der Waals surface area (Å²) >= 11 is 0. The Morgan fingerprint density at radius 3 is 2.25 bits per heavy atom. The molecule has 2 N–H and O–H groups in total. The Morgan fingerprint density at radius 2 is 1.80 bits per heavy atom. The molecule has 20 heavy (non-hydrogen) atoms. The quantitative estimate of drug-likeness (QED) is 0.837. The summed E-state index contributed by atoms with van der Waals surface area (Å²) in [5.74, 6) is -0.932. The van der Waals surface area contributed by atoms with Gasteiger partial charge >= 0.3 is 12.0 Å². The molecule has 1 saturated heterocycles. The van der Waals surface area contributed by atoms with E-state index in [-0.39, 0.29) is 17.0 Å². The zero-order valence-electron chi connectivity index (χ0n) is 13.5. The first-order chi connectivity index (χ1) is 8.87. The molecule has 5 nitrogen and oxygen atoms in total. The third-order valence-corrected chi connectivity index (χ3v) is 3.76. The lowest BCUT2D eigenvalue weighted by Crippen LogP contribution is -2.58. The van der Waals surface area contributed by atoms with Gasteiger partial charge in [-0.05, 0) is 45.4 Å². The number of likely N-dealkylation sites (tertiary alicyclic amines) is 1. The maximum Gasteiger partial charge on any atom is 0.329 e. The predicted octanol–water partition coefficient (Wildman–Crippen LogP) is 2.85. The molecule has 0 radical (unpaired) electrons. The Morgan fingerprint density at radius 1 is 1.25 bits per heavy atom. The number of urea groups is 1. The van der Waals surface area contributed by atoms with Crippen LogP contribution in [0.5, 0.6) is 0 Å². The van der Waals surface area contributed by atoms with Crippen molar-refractivity contribution >= 4 is 12.0 Å². The zero-order chi connectivity index (χ0) is 15.8. The molecule has 1 unspecified atom stereocenters. The van der Waals surface area contributed by atoms with Crippen LogP contribution in [0.1, 0.15) is 60.8 Å². The number of amides is 2. The maximum absolute atomic E-state index is 12.4. The number of nitrogens with one attached hydrogen (secondary N) is 1. The molecule has 0 aromatic rings. The van der Waals surface area contributed by atoms with Crippen LogP contribution in [0, 0.1) is 5.41 Å². The van der Waals surface area contributed by atoms with Crippen molar-refractivity contribution in [2.24, 2.45) is 5.41 Å². The first kappa shape index (κ1) is 16.8. The second kappa shape index (κ2) is 5.26. The largest absolute Gasteiger partial charge is 0.480 e. The SMILES string of the molecule is CC(C)(C)CC(C)(C)NC(=O)N1CCCC1(C)C(=O)O. The van der Waals surface area contributed by atoms with Crippen LogP contribution in [0.4, 0.5) is 4.79 Å². The second-order valence-electron chi connectivity index (χ2n) is 7.89. The summed E-state index contributed by atoms with van der Waals surface area (Å²) < 4.78 is 0. The Labute approximate surface area is 121 Å². The van der Waals surface area contributed by atoms with Crippen LogP contribution in [0.15, 0.2) is 0 Å². The van der Waals surface area contributed by atoms with E-state index in [1.807, 2.05) is 13.8 Å². The summed E-state index contributed by atoms with van der Waals surface area (Å²) in [6.45, 7) is 12.4. The fourth-order valence-corrected chi connectivity index (χ4v) is 3.24. The lowest BCUT2D eigenvalue weighted by atomic mass is 9.82. The molecule has 0 aliphatic carbocycles. The molecule has 1 aliphatic heterocycles. The molecule has 2 amide bonds. The number of carbonyl (C=O) groups is 2. The van der Waals surface area contributed by atoms with Gasteiger partial charge in [0.1, 0.15) is 5.54 Å². The summed E-state index contributed by atoms with van der Waals surface area (Å²) in [6, 6.07) is -0.276. The summed E-state index contributed by atoms with van der Waals surface area (Å²) in [7, 11) is 0. The minimum atomic E-state index is -1.08. The zero-order valence-corrected chi connectivity index (χ0v) is 13.5. The summed E-state index contributed by atoms with van der Waals surface area (Å²) in [5.41, 5.74) is -1.35. The van der Waals surface area contributed by atoms with Gasteiger partial charge < -0.3 is 15.3 Å². The summed E-state index contributed by atoms with van der Waals surface area (Å²) in [5, 5.41) is 12.3. The first-order valence-electron chi connectivity index (χ1n) is 7.21. The second-order valence-corrected chi connectivity index (χ2v) is 7.89. The van der Waals surface area contributed by atoms with Gasteiger partial charge in [-0.25, -0.2) is 9.59 Å². The number of rotatable bonds is 3. The van der Waals surface area contributed by atoms with E-state index in [1.54, 1.807) is 6.92 Å². The van der Waals surface area contributed by atoms with Crippen molar-refractivity contribution in [2.75, 3.05) is 6.54 Å². The van der Waals surface area contributed by atoms with E-state index in [4.69, 9.17) is 0 Å². The van der Waals surface area contributed by atoms with Gasteiger partial charge in [0.15, 0.2) is 0 Å². The first-order valence-corrected chi connectivity index (χ1v) is 7.21. The van der Waals surface area contributed by atoms with Crippen LogP contribution in [0.2, 0.25) is 0 Å². The molecular weight excluding hydrogens is 256 g/mol. The summed E-state index contributed by atoms with van der Waals surface area (Å²) in [6.07, 6.45) is 2.06. The van der Waals surface area contributed by atoms with Crippen LogP contribution in [-0.4, -0.2) is 39.6 Å². The molecule has 0 spiro atoms. The van der Waals surface area contributed by atoms with E-state index in [2.05, 4.69) is 26.1 Å². The van der Waals surface area contributed by atoms with Gasteiger partial charge in [0.2, 0.25) is 0 Å². The van der Waals surface area contributed by atoms with Crippen molar-refractivity contribution in [3.8, 4) is 0 Å². The number of nitrogens with zero attached hydrogens (tertiary/aromatic N) is 1. The van der Waals surface area contributed by atoms with E-state index in [0.29, 0.717) is 13.0 Å². The number of hydrogen-bond donors (Lipinski definition) is 2. The van der Waals surface area contributed by atoms with Crippen molar-refractivity contribution in [1.82, 2.24) is 10.2 Å². The number of hydrogen-bond acceptors (Lipinski definition) is 2. The lowest BCUT2D eigenvalue weighted by molar-refractivity contribution is -0.147. The van der Waals surface area contributed by atoms with Gasteiger partial charge in [0.25, 0.3) is 0 Å². The molecule has 1 rings (SSSR count). The van der Waals surface area contributed by atoms with Gasteiger partial charge in [-0.3, -0.25) is 0 Å². The van der Waals surface area contributed by atoms with Gasteiger partial charge in [-0.15, -0.1) is 0 Å². The fraction of sp³-hybridized carbons (Fsp3) is 0.867. The van der Waals surface area contributed by atoms with Gasteiger partial charge in [-0.1, -0.05) is 20.8 Å². The lowest BCUT2D eigenvalue weighted by Gasteiger charge is -2.37. The van der Waals surface area contributed by atoms with Crippen LogP contribution < -0.4 is 5.32 Å². The Bertz CT molecular complexity index is 398. The highest BCUT2D eigenvalue weighted by atomic mass is 16.4. The van der Waals surface area contributed by atoms with Gasteiger partial charge in [0, 0.05) is 12.1 Å². The number of carboxylic acid groups (broad SMARTS) is 1. The van der Waals surface area contributed by atoms with E-state index in [1.165, 1.54) is 4.90 Å². The van der Waals surface area contributed by atoms with E-state index in [0.717, 1.165) is 12.8 Å². The van der Waals surface area contributed by atoms with Crippen molar-refractivity contribution in [3.63, 3.8) is 0 Å². The normalized spacial score (nSPS) is 23.8. The molecule has 1 heterocycles. The molecule has 1 aliphatic rings. The van der Waals surface area contributed by atoms with Crippen molar-refractivity contribution in [3.05, 3.63) is 0 Å². The molecule has 0 aromatic heterocycles. The van der Waals surface area contributed by atoms with Gasteiger partial charge in [0.05, 0.1) is 0 Å². The average molecular weight is 284 g/mol. The van der Waals surface area contributed by atoms with Crippen molar-refractivity contribution < 1.29 is 14.7 Å². The molecule has 5 heteroatoms. The standard InChI is InChI=1S/C15H28N2O3/c1-13(2,3)10-14(4,5)16-12(20)17-9-7-8-15(17,6)11(18)19/h7-10H2,1-6H3,(H,16,20)(H,18,19). The number of carbonyl (C=O) groups excluding carboxylic acids is 1. The van der Waals surface area contributed by atoms with Crippen LogP contribution >= 0.6 is 0 Å². The van der Waals surface area contributed by atoms with Crippen LogP contribution in [0.3, 0.4) is 0 Å². The van der Waals surface area contributed by atoms with E-state index in [9.17, 15) is 14.7 Å². The summed E-state index contributed by atoms with van der Waals surface area (Å²) in [4.78, 5) is 25.3. The smallest absolute Gasteiger partial charge is 0.329 e. The number of aliphatic carboxylic acids is 1. The highest BCUT2D eigenvalue weighted by Crippen LogP contribution is 2.31. The Hall–Kier alpha value is -1.26. The molecule has 1 atom stereocenters. The monoisotopic (exact) mass is 284 g/mol. The maximum atomic E-state index is 12.4. The minimum Gasteiger partial charge on any atom is -0.480 e. The molecule has 1 fully saturated rings. The van der Waals surface area contributed by atoms with Gasteiger partial charge in [-0.2, -0.15) is 0 Å². The molecule has 0 saturated carbocycles. The Kier molecular flexibility index (Phi) is 4.42. The topological polar surface area (TPSA) is 69.6 Å². The van der Waals surface area contributed by atoms with Crippen molar-refractivity contribution in [1.29, 1.82) is 0 Å². The third kappa shape index (κ3) is 3.87. The highest BCUT2D eigenvalue weighted by Gasteiger charge is 2.46. The molecule has 0 bridgehead atoms. The average Bonchev–Trinajstić information content (AvgIpc) is 2.56. The molecule has 116 valence electrons.